The van der Waals surface area contributed by atoms with E-state index in [1.807, 2.05) is 67.6 Å². The fourth-order valence-corrected chi connectivity index (χ4v) is 2.34. The summed E-state index contributed by atoms with van der Waals surface area (Å²) in [5.41, 5.74) is 3.16. The van der Waals surface area contributed by atoms with Gasteiger partial charge in [-0.25, -0.2) is 4.79 Å². The summed E-state index contributed by atoms with van der Waals surface area (Å²) in [5.74, 6) is 0.776. The number of esters is 1. The second-order valence-corrected chi connectivity index (χ2v) is 5.42. The highest BCUT2D eigenvalue weighted by Gasteiger charge is 2.08. The normalized spacial score (nSPS) is 10.2. The van der Waals surface area contributed by atoms with Crippen molar-refractivity contribution in [3.63, 3.8) is 0 Å². The first kappa shape index (κ1) is 15.8. The molecule has 0 bridgehead atoms. The Morgan fingerprint density at radius 1 is 0.792 bits per heavy atom. The zero-order valence-electron chi connectivity index (χ0n) is 13.4. The van der Waals surface area contributed by atoms with Gasteiger partial charge in [-0.15, -0.1) is 0 Å². The average Bonchev–Trinajstić information content (AvgIpc) is 2.63. The summed E-state index contributed by atoms with van der Waals surface area (Å²) in [6.45, 7) is 1.77. The summed E-state index contributed by atoms with van der Waals surface area (Å²) in [4.78, 5) is 11.9. The smallest absolute Gasteiger partial charge is 0.349 e. The third kappa shape index (κ3) is 4.02. The summed E-state index contributed by atoms with van der Waals surface area (Å²) in [5, 5.41) is 0. The van der Waals surface area contributed by atoms with Crippen LogP contribution in [-0.2, 0) is 4.79 Å². The van der Waals surface area contributed by atoms with Crippen LogP contribution in [0.25, 0.3) is 11.1 Å². The van der Waals surface area contributed by atoms with Crippen LogP contribution >= 0.6 is 0 Å². The quantitative estimate of drug-likeness (QED) is 0.507. The maximum atomic E-state index is 11.9. The molecule has 0 fully saturated rings. The summed E-state index contributed by atoms with van der Waals surface area (Å²) in [7, 11) is 0. The highest BCUT2D eigenvalue weighted by molar-refractivity contribution is 5.74. The van der Waals surface area contributed by atoms with E-state index in [2.05, 4.69) is 12.1 Å². The minimum atomic E-state index is -0.420. The van der Waals surface area contributed by atoms with Crippen LogP contribution in [0, 0.1) is 6.92 Å². The standard InChI is InChI=1S/C21H18O3/c1-16-7-5-6-10-20(16)24-21(22)15-23-19-13-11-18(12-14-19)17-8-3-2-4-9-17/h2-14H,15H2,1H3. The lowest BCUT2D eigenvalue weighted by Gasteiger charge is -2.09. The molecule has 3 nitrogen and oxygen atoms in total. The Morgan fingerprint density at radius 3 is 2.12 bits per heavy atom. The molecule has 24 heavy (non-hydrogen) atoms. The van der Waals surface area contributed by atoms with Gasteiger partial charge in [-0.1, -0.05) is 60.7 Å². The van der Waals surface area contributed by atoms with Gasteiger partial charge in [0, 0.05) is 0 Å². The Bertz CT molecular complexity index is 808. The van der Waals surface area contributed by atoms with Crippen molar-refractivity contribution in [3.8, 4) is 22.6 Å². The fraction of sp³-hybridized carbons (Fsp3) is 0.0952. The molecule has 3 rings (SSSR count). The molecule has 0 aliphatic rings. The Morgan fingerprint density at radius 2 is 1.42 bits per heavy atom. The van der Waals surface area contributed by atoms with Crippen LogP contribution in [0.15, 0.2) is 78.9 Å². The van der Waals surface area contributed by atoms with Gasteiger partial charge in [-0.2, -0.15) is 0 Å². The van der Waals surface area contributed by atoms with Crippen LogP contribution in [0.1, 0.15) is 5.56 Å². The van der Waals surface area contributed by atoms with Crippen molar-refractivity contribution >= 4 is 5.97 Å². The Kier molecular flexibility index (Phi) is 4.92. The van der Waals surface area contributed by atoms with Crippen LogP contribution < -0.4 is 9.47 Å². The molecular weight excluding hydrogens is 300 g/mol. The summed E-state index contributed by atoms with van der Waals surface area (Å²) >= 11 is 0. The molecule has 0 aromatic heterocycles. The number of aryl methyl sites for hydroxylation is 1. The molecular formula is C21H18O3. The minimum Gasteiger partial charge on any atom is -0.482 e. The lowest BCUT2D eigenvalue weighted by molar-refractivity contribution is -0.136. The number of ether oxygens (including phenoxy) is 2. The van der Waals surface area contributed by atoms with E-state index in [-0.39, 0.29) is 6.61 Å². The number of rotatable bonds is 5. The lowest BCUT2D eigenvalue weighted by atomic mass is 10.1. The minimum absolute atomic E-state index is 0.126. The monoisotopic (exact) mass is 318 g/mol. The number of para-hydroxylation sites is 1. The van der Waals surface area contributed by atoms with E-state index in [1.54, 1.807) is 6.07 Å². The van der Waals surface area contributed by atoms with E-state index in [0.717, 1.165) is 16.7 Å². The summed E-state index contributed by atoms with van der Waals surface area (Å²) in [6, 6.07) is 25.1. The molecule has 3 aromatic carbocycles. The van der Waals surface area contributed by atoms with Gasteiger partial charge in [0.15, 0.2) is 6.61 Å². The molecule has 0 radical (unpaired) electrons. The largest absolute Gasteiger partial charge is 0.482 e. The molecule has 3 heteroatoms. The third-order valence-electron chi connectivity index (χ3n) is 3.64. The molecule has 0 aliphatic carbocycles. The number of hydrogen-bond acceptors (Lipinski definition) is 3. The van der Waals surface area contributed by atoms with Crippen molar-refractivity contribution in [1.29, 1.82) is 0 Å². The van der Waals surface area contributed by atoms with Crippen molar-refractivity contribution in [2.45, 2.75) is 6.92 Å². The number of benzene rings is 3. The molecule has 0 N–H and O–H groups in total. The van der Waals surface area contributed by atoms with Crippen LogP contribution in [0.4, 0.5) is 0 Å². The molecule has 0 saturated heterocycles. The molecule has 120 valence electrons. The molecule has 0 heterocycles. The van der Waals surface area contributed by atoms with Gasteiger partial charge in [0.2, 0.25) is 0 Å². The SMILES string of the molecule is Cc1ccccc1OC(=O)COc1ccc(-c2ccccc2)cc1. The molecule has 0 saturated carbocycles. The second kappa shape index (κ2) is 7.47. The summed E-state index contributed by atoms with van der Waals surface area (Å²) < 4.78 is 10.8. The van der Waals surface area contributed by atoms with E-state index < -0.39 is 5.97 Å². The van der Waals surface area contributed by atoms with Crippen LogP contribution in [0.2, 0.25) is 0 Å². The highest BCUT2D eigenvalue weighted by atomic mass is 16.6. The average molecular weight is 318 g/mol. The van der Waals surface area contributed by atoms with Crippen molar-refractivity contribution in [2.24, 2.45) is 0 Å². The predicted molar refractivity (Wildman–Crippen MR) is 94.2 cm³/mol. The first-order chi connectivity index (χ1) is 11.7. The molecule has 0 spiro atoms. The van der Waals surface area contributed by atoms with Gasteiger partial charge in [0.05, 0.1) is 0 Å². The van der Waals surface area contributed by atoms with E-state index >= 15 is 0 Å². The van der Waals surface area contributed by atoms with Crippen LogP contribution in [0.5, 0.6) is 11.5 Å². The molecule has 0 aliphatic heterocycles. The van der Waals surface area contributed by atoms with Gasteiger partial charge < -0.3 is 9.47 Å². The lowest BCUT2D eigenvalue weighted by Crippen LogP contribution is -2.18. The zero-order chi connectivity index (χ0) is 16.8. The Hall–Kier alpha value is -3.07. The first-order valence-electron chi connectivity index (χ1n) is 7.77. The predicted octanol–water partition coefficient (Wildman–Crippen LogP) is 4.65. The van der Waals surface area contributed by atoms with Gasteiger partial charge in [-0.3, -0.25) is 0 Å². The topological polar surface area (TPSA) is 35.5 Å². The molecule has 3 aromatic rings. The summed E-state index contributed by atoms with van der Waals surface area (Å²) in [6.07, 6.45) is 0. The van der Waals surface area contributed by atoms with Gasteiger partial charge in [0.25, 0.3) is 0 Å². The van der Waals surface area contributed by atoms with Gasteiger partial charge >= 0.3 is 5.97 Å². The van der Waals surface area contributed by atoms with E-state index in [1.165, 1.54) is 0 Å². The molecule has 0 atom stereocenters. The molecule has 0 amide bonds. The second-order valence-electron chi connectivity index (χ2n) is 5.42. The first-order valence-corrected chi connectivity index (χ1v) is 7.77. The Balaban J connectivity index is 1.57. The molecule has 0 unspecified atom stereocenters. The van der Waals surface area contributed by atoms with E-state index in [0.29, 0.717) is 11.5 Å². The number of carbonyl (C=O) groups is 1. The van der Waals surface area contributed by atoms with Crippen molar-refractivity contribution in [3.05, 3.63) is 84.4 Å². The van der Waals surface area contributed by atoms with Crippen molar-refractivity contribution in [2.75, 3.05) is 6.61 Å². The van der Waals surface area contributed by atoms with Crippen LogP contribution in [-0.4, -0.2) is 12.6 Å². The zero-order valence-corrected chi connectivity index (χ0v) is 13.4. The van der Waals surface area contributed by atoms with Crippen LogP contribution in [0.3, 0.4) is 0 Å². The van der Waals surface area contributed by atoms with Gasteiger partial charge in [0.1, 0.15) is 11.5 Å². The maximum absolute atomic E-state index is 11.9. The fourth-order valence-electron chi connectivity index (χ4n) is 2.34. The highest BCUT2D eigenvalue weighted by Crippen LogP contribution is 2.22. The van der Waals surface area contributed by atoms with Crippen molar-refractivity contribution in [1.82, 2.24) is 0 Å². The number of carbonyl (C=O) groups excluding carboxylic acids is 1. The van der Waals surface area contributed by atoms with Gasteiger partial charge in [-0.05, 0) is 41.8 Å². The van der Waals surface area contributed by atoms with E-state index in [9.17, 15) is 4.79 Å². The number of hydrogen-bond donors (Lipinski definition) is 0. The maximum Gasteiger partial charge on any atom is 0.349 e. The Labute approximate surface area is 141 Å². The third-order valence-corrected chi connectivity index (χ3v) is 3.64. The van der Waals surface area contributed by atoms with Crippen molar-refractivity contribution < 1.29 is 14.3 Å². The van der Waals surface area contributed by atoms with E-state index in [4.69, 9.17) is 9.47 Å².